The maximum atomic E-state index is 12.9. The number of hydrogen-bond donors (Lipinski definition) is 0. The van der Waals surface area contributed by atoms with E-state index in [9.17, 15) is 4.79 Å². The number of thioether (sulfide) groups is 1. The number of halogens is 2. The van der Waals surface area contributed by atoms with Crippen LogP contribution in [0.25, 0.3) is 0 Å². The van der Waals surface area contributed by atoms with Gasteiger partial charge in [0, 0.05) is 33.5 Å². The van der Waals surface area contributed by atoms with Crippen molar-refractivity contribution in [3.63, 3.8) is 0 Å². The Morgan fingerprint density at radius 1 is 1.22 bits per heavy atom. The third-order valence-corrected chi connectivity index (χ3v) is 5.79. The zero-order valence-corrected chi connectivity index (χ0v) is 15.1. The van der Waals surface area contributed by atoms with Gasteiger partial charge in [-0.2, -0.15) is 0 Å². The maximum absolute atomic E-state index is 12.9. The predicted octanol–water partition coefficient (Wildman–Crippen LogP) is 5.44. The van der Waals surface area contributed by atoms with E-state index in [-0.39, 0.29) is 11.3 Å². The van der Waals surface area contributed by atoms with Crippen LogP contribution in [0, 0.1) is 0 Å². The Balaban J connectivity index is 1.86. The lowest BCUT2D eigenvalue weighted by Crippen LogP contribution is -2.30. The van der Waals surface area contributed by atoms with Crippen LogP contribution >= 0.6 is 35.0 Å². The van der Waals surface area contributed by atoms with Crippen LogP contribution in [0.3, 0.4) is 0 Å². The van der Waals surface area contributed by atoms with E-state index in [0.717, 1.165) is 29.8 Å². The lowest BCUT2D eigenvalue weighted by molar-refractivity contribution is 0.0760. The topological polar surface area (TPSA) is 20.3 Å². The molecule has 3 rings (SSSR count). The molecular formula is C18H17Cl2NOS. The van der Waals surface area contributed by atoms with E-state index in [1.54, 1.807) is 17.8 Å². The molecule has 0 aliphatic carbocycles. The Kier molecular flexibility index (Phi) is 5.20. The first-order valence-electron chi connectivity index (χ1n) is 7.56. The van der Waals surface area contributed by atoms with E-state index in [1.165, 1.54) is 5.56 Å². The number of nitrogens with zero attached hydrogens (tertiary/aromatic N) is 1. The molecule has 0 bridgehead atoms. The normalized spacial score (nSPS) is 17.5. The smallest absolute Gasteiger partial charge is 0.255 e. The minimum atomic E-state index is -0.0573. The molecule has 23 heavy (non-hydrogen) atoms. The predicted molar refractivity (Wildman–Crippen MR) is 98.5 cm³/mol. The van der Waals surface area contributed by atoms with Crippen LogP contribution in [0.15, 0.2) is 42.5 Å². The Morgan fingerprint density at radius 3 is 2.61 bits per heavy atom. The summed E-state index contributed by atoms with van der Waals surface area (Å²) in [6.07, 6.45) is 0.969. The van der Waals surface area contributed by atoms with E-state index >= 15 is 0 Å². The molecule has 2 aromatic rings. The summed E-state index contributed by atoms with van der Waals surface area (Å²) in [6.45, 7) is 2.83. The molecule has 0 saturated carbocycles. The lowest BCUT2D eigenvalue weighted by atomic mass is 10.1. The van der Waals surface area contributed by atoms with Gasteiger partial charge in [-0.15, -0.1) is 11.8 Å². The van der Waals surface area contributed by atoms with Gasteiger partial charge in [0.2, 0.25) is 0 Å². The molecule has 1 fully saturated rings. The van der Waals surface area contributed by atoms with Gasteiger partial charge in [-0.05, 0) is 36.2 Å². The Bertz CT molecular complexity index is 717. The van der Waals surface area contributed by atoms with Gasteiger partial charge in [0.25, 0.3) is 5.91 Å². The van der Waals surface area contributed by atoms with Gasteiger partial charge in [-0.1, -0.05) is 48.3 Å². The van der Waals surface area contributed by atoms with Crippen LogP contribution in [-0.2, 0) is 6.42 Å². The van der Waals surface area contributed by atoms with Gasteiger partial charge in [0.15, 0.2) is 0 Å². The van der Waals surface area contributed by atoms with Crippen molar-refractivity contribution in [3.05, 3.63) is 69.2 Å². The molecule has 5 heteroatoms. The van der Waals surface area contributed by atoms with Crippen molar-refractivity contribution in [2.75, 3.05) is 12.3 Å². The fourth-order valence-electron chi connectivity index (χ4n) is 2.69. The van der Waals surface area contributed by atoms with E-state index in [4.69, 9.17) is 23.2 Å². The van der Waals surface area contributed by atoms with Gasteiger partial charge < -0.3 is 4.90 Å². The van der Waals surface area contributed by atoms with Crippen molar-refractivity contribution in [1.29, 1.82) is 0 Å². The number of hydrogen-bond acceptors (Lipinski definition) is 2. The summed E-state index contributed by atoms with van der Waals surface area (Å²) in [6, 6.07) is 13.3. The highest BCUT2D eigenvalue weighted by Gasteiger charge is 2.32. The van der Waals surface area contributed by atoms with Crippen LogP contribution < -0.4 is 0 Å². The molecule has 0 spiro atoms. The molecular weight excluding hydrogens is 349 g/mol. The average molecular weight is 366 g/mol. The SMILES string of the molecule is CCc1ccc(C(=O)N2CCS[C@H]2c2ccc(Cl)cc2Cl)cc1. The second-order valence-electron chi connectivity index (χ2n) is 5.44. The lowest BCUT2D eigenvalue weighted by Gasteiger charge is -2.25. The fourth-order valence-corrected chi connectivity index (χ4v) is 4.55. The van der Waals surface area contributed by atoms with Gasteiger partial charge in [0.1, 0.15) is 5.37 Å². The third kappa shape index (κ3) is 3.52. The second-order valence-corrected chi connectivity index (χ2v) is 7.47. The summed E-state index contributed by atoms with van der Waals surface area (Å²) in [5.74, 6) is 0.955. The molecule has 0 unspecified atom stereocenters. The minimum absolute atomic E-state index is 0.0497. The number of carbonyl (C=O) groups is 1. The first kappa shape index (κ1) is 16.7. The van der Waals surface area contributed by atoms with Gasteiger partial charge in [-0.25, -0.2) is 0 Å². The summed E-state index contributed by atoms with van der Waals surface area (Å²) in [5, 5.41) is 1.16. The van der Waals surface area contributed by atoms with E-state index in [2.05, 4.69) is 6.92 Å². The molecule has 1 aliphatic rings. The number of aryl methyl sites for hydroxylation is 1. The number of carbonyl (C=O) groups excluding carboxylic acids is 1. The molecule has 0 N–H and O–H groups in total. The van der Waals surface area contributed by atoms with E-state index in [0.29, 0.717) is 10.0 Å². The fraction of sp³-hybridized carbons (Fsp3) is 0.278. The largest absolute Gasteiger partial charge is 0.322 e. The standard InChI is InChI=1S/C18H17Cl2NOS/c1-2-12-3-5-13(6-4-12)17(22)21-9-10-23-18(21)15-8-7-14(19)11-16(15)20/h3-8,11,18H,2,9-10H2,1H3/t18-/m0/s1. The zero-order valence-electron chi connectivity index (χ0n) is 12.8. The zero-order chi connectivity index (χ0) is 16.4. The number of benzene rings is 2. The quantitative estimate of drug-likeness (QED) is 0.721. The molecule has 120 valence electrons. The number of amides is 1. The summed E-state index contributed by atoms with van der Waals surface area (Å²) in [5.41, 5.74) is 2.89. The van der Waals surface area contributed by atoms with E-state index < -0.39 is 0 Å². The molecule has 0 aromatic heterocycles. The van der Waals surface area contributed by atoms with Crippen LogP contribution in [0.5, 0.6) is 0 Å². The second kappa shape index (κ2) is 7.16. The molecule has 1 aliphatic heterocycles. The minimum Gasteiger partial charge on any atom is -0.322 e. The highest BCUT2D eigenvalue weighted by atomic mass is 35.5. The summed E-state index contributed by atoms with van der Waals surface area (Å²) in [7, 11) is 0. The average Bonchev–Trinajstić information content (AvgIpc) is 3.03. The highest BCUT2D eigenvalue weighted by Crippen LogP contribution is 2.42. The van der Waals surface area contributed by atoms with Crippen molar-refractivity contribution in [1.82, 2.24) is 4.90 Å². The Hall–Kier alpha value is -1.16. The maximum Gasteiger partial charge on any atom is 0.255 e. The monoisotopic (exact) mass is 365 g/mol. The Labute approximate surface area is 150 Å². The van der Waals surface area contributed by atoms with Crippen LogP contribution in [-0.4, -0.2) is 23.1 Å². The molecule has 0 radical (unpaired) electrons. The van der Waals surface area contributed by atoms with Gasteiger partial charge in [-0.3, -0.25) is 4.79 Å². The van der Waals surface area contributed by atoms with Crippen LogP contribution in [0.1, 0.15) is 33.8 Å². The van der Waals surface area contributed by atoms with E-state index in [1.807, 2.05) is 41.3 Å². The third-order valence-electron chi connectivity index (χ3n) is 3.99. The summed E-state index contributed by atoms with van der Waals surface area (Å²) in [4.78, 5) is 14.7. The van der Waals surface area contributed by atoms with Crippen molar-refractivity contribution in [3.8, 4) is 0 Å². The van der Waals surface area contributed by atoms with Crippen LogP contribution in [0.2, 0.25) is 10.0 Å². The van der Waals surface area contributed by atoms with Crippen LogP contribution in [0.4, 0.5) is 0 Å². The number of rotatable bonds is 3. The molecule has 1 heterocycles. The summed E-state index contributed by atoms with van der Waals surface area (Å²) >= 11 is 14.0. The Morgan fingerprint density at radius 2 is 1.96 bits per heavy atom. The van der Waals surface area contributed by atoms with Crippen molar-refractivity contribution < 1.29 is 4.79 Å². The molecule has 2 nitrogen and oxygen atoms in total. The highest BCUT2D eigenvalue weighted by molar-refractivity contribution is 7.99. The first-order valence-corrected chi connectivity index (χ1v) is 9.37. The van der Waals surface area contributed by atoms with Gasteiger partial charge in [0.05, 0.1) is 0 Å². The molecule has 1 atom stereocenters. The van der Waals surface area contributed by atoms with Crippen molar-refractivity contribution in [2.24, 2.45) is 0 Å². The molecule has 2 aromatic carbocycles. The molecule has 1 saturated heterocycles. The first-order chi connectivity index (χ1) is 11.1. The van der Waals surface area contributed by atoms with Gasteiger partial charge >= 0.3 is 0 Å². The van der Waals surface area contributed by atoms with Crippen molar-refractivity contribution >= 4 is 40.9 Å². The molecule has 1 amide bonds. The summed E-state index contributed by atoms with van der Waals surface area (Å²) < 4.78 is 0. The van der Waals surface area contributed by atoms with Crippen molar-refractivity contribution in [2.45, 2.75) is 18.7 Å².